The monoisotopic (exact) mass is 286 g/mol. The maximum Gasteiger partial charge on any atom is 0.418 e. The summed E-state index contributed by atoms with van der Waals surface area (Å²) in [4.78, 5) is 24.3. The molecule has 2 rings (SSSR count). The molecular formula is C13H13F3N2O2. The molecule has 1 heterocycles. The number of benzene rings is 1. The van der Waals surface area contributed by atoms with Crippen molar-refractivity contribution in [2.75, 3.05) is 18.4 Å². The van der Waals surface area contributed by atoms with E-state index in [1.807, 2.05) is 0 Å². The quantitative estimate of drug-likeness (QED) is 0.905. The fraction of sp³-hybridized carbons (Fsp3) is 0.385. The van der Waals surface area contributed by atoms with E-state index in [0.717, 1.165) is 6.07 Å². The summed E-state index contributed by atoms with van der Waals surface area (Å²) in [7, 11) is 0. The fourth-order valence-corrected chi connectivity index (χ4v) is 1.98. The zero-order valence-electron chi connectivity index (χ0n) is 10.7. The summed E-state index contributed by atoms with van der Waals surface area (Å²) in [6.07, 6.45) is -4.52. The van der Waals surface area contributed by atoms with Gasteiger partial charge in [0.05, 0.1) is 17.2 Å². The molecule has 1 aromatic carbocycles. The number of halogens is 3. The molecule has 108 valence electrons. The first-order valence-electron chi connectivity index (χ1n) is 6.01. The molecule has 1 saturated heterocycles. The molecule has 0 atom stereocenters. The molecule has 0 aromatic heterocycles. The molecule has 1 aliphatic heterocycles. The van der Waals surface area contributed by atoms with Crippen molar-refractivity contribution in [3.63, 3.8) is 0 Å². The lowest BCUT2D eigenvalue weighted by molar-refractivity contribution is -0.139. The van der Waals surface area contributed by atoms with E-state index in [2.05, 4.69) is 5.32 Å². The Morgan fingerprint density at radius 2 is 1.85 bits per heavy atom. The Hall–Kier alpha value is -2.05. The maximum absolute atomic E-state index is 12.8. The van der Waals surface area contributed by atoms with Crippen LogP contribution in [0.2, 0.25) is 0 Å². The standard InChI is InChI=1S/C13H13F3N2O2/c1-8(19)18-6-9(7-18)12(20)17-11-5-3-2-4-10(11)13(14,15)16/h2-5,9H,6-7H2,1H3,(H,17,20). The molecule has 1 aromatic rings. The molecule has 1 N–H and O–H groups in total. The van der Waals surface area contributed by atoms with Crippen LogP contribution in [-0.2, 0) is 15.8 Å². The molecule has 0 unspecified atom stereocenters. The van der Waals surface area contributed by atoms with Gasteiger partial charge in [-0.05, 0) is 12.1 Å². The van der Waals surface area contributed by atoms with Crippen LogP contribution in [0.3, 0.4) is 0 Å². The largest absolute Gasteiger partial charge is 0.418 e. The molecule has 0 bridgehead atoms. The van der Waals surface area contributed by atoms with E-state index in [0.29, 0.717) is 0 Å². The van der Waals surface area contributed by atoms with Crippen molar-refractivity contribution in [2.45, 2.75) is 13.1 Å². The van der Waals surface area contributed by atoms with Gasteiger partial charge in [0, 0.05) is 20.0 Å². The molecule has 4 nitrogen and oxygen atoms in total. The molecular weight excluding hydrogens is 273 g/mol. The smallest absolute Gasteiger partial charge is 0.341 e. The zero-order chi connectivity index (χ0) is 14.9. The number of nitrogens with one attached hydrogen (secondary N) is 1. The third-order valence-electron chi connectivity index (χ3n) is 3.19. The number of rotatable bonds is 2. The number of nitrogens with zero attached hydrogens (tertiary/aromatic N) is 1. The van der Waals surface area contributed by atoms with Crippen LogP contribution in [0.1, 0.15) is 12.5 Å². The van der Waals surface area contributed by atoms with Crippen LogP contribution >= 0.6 is 0 Å². The predicted octanol–water partition coefficient (Wildman–Crippen LogP) is 2.12. The van der Waals surface area contributed by atoms with Crippen LogP contribution in [-0.4, -0.2) is 29.8 Å². The molecule has 20 heavy (non-hydrogen) atoms. The van der Waals surface area contributed by atoms with Gasteiger partial charge in [0.1, 0.15) is 0 Å². The van der Waals surface area contributed by atoms with E-state index in [4.69, 9.17) is 0 Å². The molecule has 0 spiro atoms. The third kappa shape index (κ3) is 2.92. The summed E-state index contributed by atoms with van der Waals surface area (Å²) in [6, 6.07) is 4.81. The van der Waals surface area contributed by atoms with Gasteiger partial charge >= 0.3 is 6.18 Å². The number of para-hydroxylation sites is 1. The Labute approximate surface area is 113 Å². The van der Waals surface area contributed by atoms with Crippen LogP contribution in [0, 0.1) is 5.92 Å². The fourth-order valence-electron chi connectivity index (χ4n) is 1.98. The molecule has 1 aliphatic rings. The summed E-state index contributed by atoms with van der Waals surface area (Å²) in [6.45, 7) is 1.87. The van der Waals surface area contributed by atoms with Gasteiger partial charge in [-0.3, -0.25) is 9.59 Å². The third-order valence-corrected chi connectivity index (χ3v) is 3.19. The SMILES string of the molecule is CC(=O)N1CC(C(=O)Nc2ccccc2C(F)(F)F)C1. The summed E-state index contributed by atoms with van der Waals surface area (Å²) in [5, 5.41) is 2.28. The van der Waals surface area contributed by atoms with Gasteiger partial charge in [-0.2, -0.15) is 13.2 Å². The molecule has 2 amide bonds. The number of hydrogen-bond acceptors (Lipinski definition) is 2. The van der Waals surface area contributed by atoms with Gasteiger partial charge in [-0.25, -0.2) is 0 Å². The summed E-state index contributed by atoms with van der Waals surface area (Å²) in [5.74, 6) is -1.11. The predicted molar refractivity (Wildman–Crippen MR) is 65.8 cm³/mol. The van der Waals surface area contributed by atoms with Crippen LogP contribution in [0.5, 0.6) is 0 Å². The average molecular weight is 286 g/mol. The summed E-state index contributed by atoms with van der Waals surface area (Å²) < 4.78 is 38.3. The Morgan fingerprint density at radius 1 is 1.25 bits per heavy atom. The second-order valence-corrected chi connectivity index (χ2v) is 4.65. The maximum atomic E-state index is 12.8. The van der Waals surface area contributed by atoms with Crippen LogP contribution in [0.25, 0.3) is 0 Å². The van der Waals surface area contributed by atoms with E-state index in [1.165, 1.54) is 30.0 Å². The van der Waals surface area contributed by atoms with Gasteiger partial charge in [0.2, 0.25) is 11.8 Å². The lowest BCUT2D eigenvalue weighted by Gasteiger charge is -2.37. The molecule has 0 aliphatic carbocycles. The summed E-state index contributed by atoms with van der Waals surface area (Å²) in [5.41, 5.74) is -1.14. The molecule has 0 saturated carbocycles. The van der Waals surface area contributed by atoms with Crippen LogP contribution in [0.15, 0.2) is 24.3 Å². The van der Waals surface area contributed by atoms with Crippen molar-refractivity contribution >= 4 is 17.5 Å². The van der Waals surface area contributed by atoms with Crippen LogP contribution in [0.4, 0.5) is 18.9 Å². The van der Waals surface area contributed by atoms with Gasteiger partial charge in [0.25, 0.3) is 0 Å². The first-order chi connectivity index (χ1) is 9.29. The Kier molecular flexibility index (Phi) is 3.69. The Bertz CT molecular complexity index is 537. The highest BCUT2D eigenvalue weighted by atomic mass is 19.4. The summed E-state index contributed by atoms with van der Waals surface area (Å²) >= 11 is 0. The average Bonchev–Trinajstić information content (AvgIpc) is 2.25. The van der Waals surface area contributed by atoms with Crippen molar-refractivity contribution in [1.82, 2.24) is 4.90 Å². The highest BCUT2D eigenvalue weighted by molar-refractivity contribution is 5.95. The van der Waals surface area contributed by atoms with Crippen molar-refractivity contribution in [3.05, 3.63) is 29.8 Å². The number of amides is 2. The number of carbonyl (C=O) groups excluding carboxylic acids is 2. The van der Waals surface area contributed by atoms with Gasteiger partial charge in [0.15, 0.2) is 0 Å². The van der Waals surface area contributed by atoms with Gasteiger partial charge in [-0.15, -0.1) is 0 Å². The van der Waals surface area contributed by atoms with E-state index in [9.17, 15) is 22.8 Å². The van der Waals surface area contributed by atoms with Gasteiger partial charge in [-0.1, -0.05) is 12.1 Å². The van der Waals surface area contributed by atoms with Crippen LogP contribution < -0.4 is 5.32 Å². The second-order valence-electron chi connectivity index (χ2n) is 4.65. The van der Waals surface area contributed by atoms with Crippen molar-refractivity contribution in [1.29, 1.82) is 0 Å². The minimum absolute atomic E-state index is 0.148. The van der Waals surface area contributed by atoms with E-state index < -0.39 is 23.6 Å². The highest BCUT2D eigenvalue weighted by Crippen LogP contribution is 2.34. The Morgan fingerprint density at radius 3 is 2.40 bits per heavy atom. The minimum atomic E-state index is -4.52. The van der Waals surface area contributed by atoms with E-state index >= 15 is 0 Å². The number of anilines is 1. The normalized spacial score (nSPS) is 15.7. The van der Waals surface area contributed by atoms with Crippen molar-refractivity contribution in [2.24, 2.45) is 5.92 Å². The molecule has 1 fully saturated rings. The first-order valence-corrected chi connectivity index (χ1v) is 6.01. The number of likely N-dealkylation sites (tertiary alicyclic amines) is 1. The second kappa shape index (κ2) is 5.15. The van der Waals surface area contributed by atoms with Gasteiger partial charge < -0.3 is 10.2 Å². The lowest BCUT2D eigenvalue weighted by atomic mass is 9.99. The van der Waals surface area contributed by atoms with E-state index in [-0.39, 0.29) is 24.7 Å². The first kappa shape index (κ1) is 14.4. The highest BCUT2D eigenvalue weighted by Gasteiger charge is 2.37. The van der Waals surface area contributed by atoms with Crippen molar-refractivity contribution < 1.29 is 22.8 Å². The number of hydrogen-bond donors (Lipinski definition) is 1. The topological polar surface area (TPSA) is 49.4 Å². The lowest BCUT2D eigenvalue weighted by Crippen LogP contribution is -2.53. The Balaban J connectivity index is 2.05. The van der Waals surface area contributed by atoms with Crippen molar-refractivity contribution in [3.8, 4) is 0 Å². The number of alkyl halides is 3. The zero-order valence-corrected chi connectivity index (χ0v) is 10.7. The molecule has 7 heteroatoms. The number of carbonyl (C=O) groups is 2. The molecule has 0 radical (unpaired) electrons. The minimum Gasteiger partial charge on any atom is -0.341 e. The van der Waals surface area contributed by atoms with E-state index in [1.54, 1.807) is 0 Å².